The van der Waals surface area contributed by atoms with E-state index in [-0.39, 0.29) is 6.42 Å². The minimum atomic E-state index is -4.37. The lowest BCUT2D eigenvalue weighted by Gasteiger charge is -2.14. The highest BCUT2D eigenvalue weighted by atomic mass is 19.4. The molecule has 1 atom stereocenters. The Morgan fingerprint density at radius 3 is 2.60 bits per heavy atom. The molecule has 5 heteroatoms. The van der Waals surface area contributed by atoms with E-state index in [2.05, 4.69) is 4.98 Å². The van der Waals surface area contributed by atoms with E-state index in [9.17, 15) is 18.3 Å². The number of alkyl halides is 3. The SMILES string of the molecule is Cc1ncccc1C(O)Cc1cccc(C(F)(F)F)c1. The zero-order chi connectivity index (χ0) is 14.8. The number of rotatable bonds is 3. The van der Waals surface area contributed by atoms with E-state index >= 15 is 0 Å². The third-order valence-electron chi connectivity index (χ3n) is 3.09. The summed E-state index contributed by atoms with van der Waals surface area (Å²) in [6.07, 6.45) is -3.51. The largest absolute Gasteiger partial charge is 0.416 e. The van der Waals surface area contributed by atoms with E-state index < -0.39 is 17.8 Å². The van der Waals surface area contributed by atoms with Gasteiger partial charge in [0.2, 0.25) is 0 Å². The van der Waals surface area contributed by atoms with Crippen LogP contribution in [0.3, 0.4) is 0 Å². The van der Waals surface area contributed by atoms with Crippen molar-refractivity contribution in [2.45, 2.75) is 25.6 Å². The lowest BCUT2D eigenvalue weighted by Crippen LogP contribution is -2.08. The summed E-state index contributed by atoms with van der Waals surface area (Å²) in [5.74, 6) is 0. The monoisotopic (exact) mass is 281 g/mol. The van der Waals surface area contributed by atoms with E-state index in [0.29, 0.717) is 16.8 Å². The smallest absolute Gasteiger partial charge is 0.388 e. The Bertz CT molecular complexity index is 596. The molecular weight excluding hydrogens is 267 g/mol. The van der Waals surface area contributed by atoms with E-state index in [4.69, 9.17) is 0 Å². The van der Waals surface area contributed by atoms with Crippen molar-refractivity contribution in [1.29, 1.82) is 0 Å². The number of aliphatic hydroxyl groups excluding tert-OH is 1. The molecule has 1 aromatic carbocycles. The number of benzene rings is 1. The lowest BCUT2D eigenvalue weighted by atomic mass is 9.99. The molecule has 0 aliphatic rings. The van der Waals surface area contributed by atoms with Gasteiger partial charge in [-0.15, -0.1) is 0 Å². The summed E-state index contributed by atoms with van der Waals surface area (Å²) in [6, 6.07) is 8.42. The van der Waals surface area contributed by atoms with Crippen molar-refractivity contribution in [2.75, 3.05) is 0 Å². The third-order valence-corrected chi connectivity index (χ3v) is 3.09. The Morgan fingerprint density at radius 2 is 1.95 bits per heavy atom. The number of nitrogens with zero attached hydrogens (tertiary/aromatic N) is 1. The second-order valence-corrected chi connectivity index (χ2v) is 4.60. The zero-order valence-electron chi connectivity index (χ0n) is 10.9. The summed E-state index contributed by atoms with van der Waals surface area (Å²) < 4.78 is 37.9. The Hall–Kier alpha value is -1.88. The maximum atomic E-state index is 12.6. The first-order chi connectivity index (χ1) is 9.38. The summed E-state index contributed by atoms with van der Waals surface area (Å²) in [4.78, 5) is 4.06. The standard InChI is InChI=1S/C15H14F3NO/c1-10-13(6-3-7-19-10)14(20)9-11-4-2-5-12(8-11)15(16,17)18/h2-8,14,20H,9H2,1H3. The summed E-state index contributed by atoms with van der Waals surface area (Å²) in [6.45, 7) is 1.75. The van der Waals surface area contributed by atoms with Crippen LogP contribution in [0.4, 0.5) is 13.2 Å². The highest BCUT2D eigenvalue weighted by Crippen LogP contribution is 2.30. The Balaban J connectivity index is 2.20. The quantitative estimate of drug-likeness (QED) is 0.930. The average molecular weight is 281 g/mol. The molecule has 1 aromatic heterocycles. The van der Waals surface area contributed by atoms with Crippen LogP contribution in [0.15, 0.2) is 42.6 Å². The molecule has 0 saturated carbocycles. The number of aryl methyl sites for hydroxylation is 1. The van der Waals surface area contributed by atoms with Crippen molar-refractivity contribution < 1.29 is 18.3 Å². The molecule has 0 fully saturated rings. The van der Waals surface area contributed by atoms with Gasteiger partial charge in [0.05, 0.1) is 11.7 Å². The summed E-state index contributed by atoms with van der Waals surface area (Å²) >= 11 is 0. The van der Waals surface area contributed by atoms with Crippen molar-refractivity contribution in [3.8, 4) is 0 Å². The molecule has 0 bridgehead atoms. The van der Waals surface area contributed by atoms with Gasteiger partial charge in [0, 0.05) is 23.9 Å². The van der Waals surface area contributed by atoms with Gasteiger partial charge in [0.1, 0.15) is 0 Å². The van der Waals surface area contributed by atoms with Crippen LogP contribution in [-0.2, 0) is 12.6 Å². The molecular formula is C15H14F3NO. The second-order valence-electron chi connectivity index (χ2n) is 4.60. The van der Waals surface area contributed by atoms with Gasteiger partial charge >= 0.3 is 6.18 Å². The second kappa shape index (κ2) is 5.63. The van der Waals surface area contributed by atoms with Crippen LogP contribution in [0.25, 0.3) is 0 Å². The van der Waals surface area contributed by atoms with E-state index in [0.717, 1.165) is 12.1 Å². The van der Waals surface area contributed by atoms with Crippen LogP contribution in [0.1, 0.15) is 28.5 Å². The molecule has 0 radical (unpaired) electrons. The molecule has 106 valence electrons. The van der Waals surface area contributed by atoms with Gasteiger partial charge in [-0.25, -0.2) is 0 Å². The Morgan fingerprint density at radius 1 is 1.20 bits per heavy atom. The average Bonchev–Trinajstić information content (AvgIpc) is 2.38. The highest BCUT2D eigenvalue weighted by molar-refractivity contribution is 5.28. The number of aliphatic hydroxyl groups is 1. The molecule has 20 heavy (non-hydrogen) atoms. The van der Waals surface area contributed by atoms with Crippen molar-refractivity contribution >= 4 is 0 Å². The van der Waals surface area contributed by atoms with Crippen LogP contribution in [0.5, 0.6) is 0 Å². The van der Waals surface area contributed by atoms with Gasteiger partial charge in [-0.3, -0.25) is 4.98 Å². The minimum Gasteiger partial charge on any atom is -0.388 e. The van der Waals surface area contributed by atoms with Crippen LogP contribution < -0.4 is 0 Å². The fraction of sp³-hybridized carbons (Fsp3) is 0.267. The first-order valence-corrected chi connectivity index (χ1v) is 6.13. The van der Waals surface area contributed by atoms with Crippen molar-refractivity contribution in [3.05, 3.63) is 65.0 Å². The Labute approximate surface area is 114 Å². The molecule has 0 saturated heterocycles. The molecule has 2 aromatic rings. The van der Waals surface area contributed by atoms with Gasteiger partial charge in [0.25, 0.3) is 0 Å². The molecule has 0 amide bonds. The van der Waals surface area contributed by atoms with Crippen molar-refractivity contribution in [2.24, 2.45) is 0 Å². The van der Waals surface area contributed by atoms with Gasteiger partial charge in [-0.2, -0.15) is 13.2 Å². The fourth-order valence-electron chi connectivity index (χ4n) is 2.06. The Kier molecular flexibility index (Phi) is 4.09. The number of hydrogen-bond acceptors (Lipinski definition) is 2. The lowest BCUT2D eigenvalue weighted by molar-refractivity contribution is -0.137. The summed E-state index contributed by atoms with van der Waals surface area (Å²) in [5.41, 5.74) is 1.04. The van der Waals surface area contributed by atoms with Crippen LogP contribution in [0.2, 0.25) is 0 Å². The molecule has 1 unspecified atom stereocenters. The van der Waals surface area contributed by atoms with Gasteiger partial charge in [0.15, 0.2) is 0 Å². The highest BCUT2D eigenvalue weighted by Gasteiger charge is 2.30. The number of halogens is 3. The van der Waals surface area contributed by atoms with Crippen LogP contribution in [-0.4, -0.2) is 10.1 Å². The minimum absolute atomic E-state index is 0.121. The molecule has 0 spiro atoms. The summed E-state index contributed by atoms with van der Waals surface area (Å²) in [7, 11) is 0. The molecule has 0 aliphatic carbocycles. The van der Waals surface area contributed by atoms with Gasteiger partial charge < -0.3 is 5.11 Å². The number of pyridine rings is 1. The summed E-state index contributed by atoms with van der Waals surface area (Å²) in [5, 5.41) is 10.1. The maximum absolute atomic E-state index is 12.6. The van der Waals surface area contributed by atoms with Crippen LogP contribution >= 0.6 is 0 Å². The van der Waals surface area contributed by atoms with E-state index in [1.807, 2.05) is 0 Å². The molecule has 1 heterocycles. The topological polar surface area (TPSA) is 33.1 Å². The zero-order valence-corrected chi connectivity index (χ0v) is 10.9. The number of hydrogen-bond donors (Lipinski definition) is 1. The predicted octanol–water partition coefficient (Wildman–Crippen LogP) is 3.68. The van der Waals surface area contributed by atoms with Crippen molar-refractivity contribution in [3.63, 3.8) is 0 Å². The third kappa shape index (κ3) is 3.36. The first kappa shape index (κ1) is 14.5. The maximum Gasteiger partial charge on any atom is 0.416 e. The molecule has 0 aliphatic heterocycles. The molecule has 2 nitrogen and oxygen atoms in total. The van der Waals surface area contributed by atoms with E-state index in [1.165, 1.54) is 6.07 Å². The molecule has 1 N–H and O–H groups in total. The van der Waals surface area contributed by atoms with Gasteiger partial charge in [-0.05, 0) is 24.6 Å². The number of aromatic nitrogens is 1. The first-order valence-electron chi connectivity index (χ1n) is 6.13. The normalized spacial score (nSPS) is 13.2. The fourth-order valence-corrected chi connectivity index (χ4v) is 2.06. The van der Waals surface area contributed by atoms with Crippen LogP contribution in [0, 0.1) is 6.92 Å². The molecule has 2 rings (SSSR count). The van der Waals surface area contributed by atoms with E-state index in [1.54, 1.807) is 31.3 Å². The van der Waals surface area contributed by atoms with Crippen molar-refractivity contribution in [1.82, 2.24) is 4.98 Å². The van der Waals surface area contributed by atoms with Gasteiger partial charge in [-0.1, -0.05) is 24.3 Å². The predicted molar refractivity (Wildman–Crippen MR) is 69.1 cm³/mol.